The third-order valence-electron chi connectivity index (χ3n) is 4.69. The molecule has 2 heterocycles. The highest BCUT2D eigenvalue weighted by molar-refractivity contribution is 5.77. The standard InChI is InChI=1S/C20H25N3O4/c1-2-26-20(25)23-12-10-22(11-13-23)18(24)15-21-19(17-9-6-14-27-17)16-7-4-3-5-8-16/h3-9,14,19,21H,2,10-13,15H2,1H3/p+1/t19-/m0/s1. The van der Waals surface area contributed by atoms with Crippen LogP contribution in [0, 0.1) is 0 Å². The zero-order chi connectivity index (χ0) is 19.1. The molecule has 1 aliphatic rings. The third kappa shape index (κ3) is 4.89. The lowest BCUT2D eigenvalue weighted by Crippen LogP contribution is -2.88. The summed E-state index contributed by atoms with van der Waals surface area (Å²) in [5.41, 5.74) is 1.09. The summed E-state index contributed by atoms with van der Waals surface area (Å²) < 4.78 is 10.6. The van der Waals surface area contributed by atoms with Gasteiger partial charge in [-0.25, -0.2) is 4.79 Å². The maximum atomic E-state index is 12.6. The van der Waals surface area contributed by atoms with Gasteiger partial charge in [0.15, 0.2) is 18.3 Å². The summed E-state index contributed by atoms with van der Waals surface area (Å²) in [6.45, 7) is 4.54. The molecule has 0 unspecified atom stereocenters. The number of nitrogens with zero attached hydrogens (tertiary/aromatic N) is 2. The van der Waals surface area contributed by atoms with Crippen LogP contribution in [0.4, 0.5) is 4.79 Å². The monoisotopic (exact) mass is 372 g/mol. The lowest BCUT2D eigenvalue weighted by Gasteiger charge is -2.33. The van der Waals surface area contributed by atoms with Crippen LogP contribution in [-0.4, -0.2) is 61.1 Å². The number of quaternary nitrogens is 1. The molecule has 0 spiro atoms. The summed E-state index contributed by atoms with van der Waals surface area (Å²) in [6.07, 6.45) is 1.34. The Balaban J connectivity index is 1.55. The van der Waals surface area contributed by atoms with Crippen LogP contribution in [0.15, 0.2) is 53.1 Å². The predicted octanol–water partition coefficient (Wildman–Crippen LogP) is 1.23. The molecule has 1 fully saturated rings. The molecule has 0 bridgehead atoms. The fourth-order valence-electron chi connectivity index (χ4n) is 3.25. The molecule has 27 heavy (non-hydrogen) atoms. The van der Waals surface area contributed by atoms with Gasteiger partial charge in [0, 0.05) is 31.7 Å². The Morgan fingerprint density at radius 2 is 1.78 bits per heavy atom. The van der Waals surface area contributed by atoms with Crippen LogP contribution >= 0.6 is 0 Å². The van der Waals surface area contributed by atoms with Crippen molar-refractivity contribution in [3.05, 3.63) is 60.1 Å². The second-order valence-electron chi connectivity index (χ2n) is 6.41. The van der Waals surface area contributed by atoms with E-state index in [1.165, 1.54) is 0 Å². The molecule has 1 aromatic heterocycles. The van der Waals surface area contributed by atoms with E-state index in [2.05, 4.69) is 0 Å². The van der Waals surface area contributed by atoms with E-state index in [0.717, 1.165) is 11.3 Å². The van der Waals surface area contributed by atoms with Gasteiger partial charge in [-0.1, -0.05) is 30.3 Å². The third-order valence-corrected chi connectivity index (χ3v) is 4.69. The van der Waals surface area contributed by atoms with Crippen molar-refractivity contribution in [1.29, 1.82) is 0 Å². The smallest absolute Gasteiger partial charge is 0.409 e. The minimum absolute atomic E-state index is 0.0611. The van der Waals surface area contributed by atoms with Crippen LogP contribution < -0.4 is 5.32 Å². The van der Waals surface area contributed by atoms with Gasteiger partial charge in [-0.3, -0.25) is 4.79 Å². The zero-order valence-corrected chi connectivity index (χ0v) is 15.5. The van der Waals surface area contributed by atoms with Crippen LogP contribution in [0.25, 0.3) is 0 Å². The molecule has 1 aliphatic heterocycles. The van der Waals surface area contributed by atoms with E-state index < -0.39 is 0 Å². The van der Waals surface area contributed by atoms with Crippen molar-refractivity contribution in [3.63, 3.8) is 0 Å². The van der Waals surface area contributed by atoms with Crippen LogP contribution in [0.5, 0.6) is 0 Å². The number of ether oxygens (including phenoxy) is 1. The number of furan rings is 1. The van der Waals surface area contributed by atoms with Crippen LogP contribution in [0.2, 0.25) is 0 Å². The predicted molar refractivity (Wildman–Crippen MR) is 99.0 cm³/mol. The maximum absolute atomic E-state index is 12.6. The van der Waals surface area contributed by atoms with E-state index in [1.807, 2.05) is 47.8 Å². The van der Waals surface area contributed by atoms with Crippen LogP contribution in [-0.2, 0) is 9.53 Å². The summed E-state index contributed by atoms with van der Waals surface area (Å²) in [7, 11) is 0. The van der Waals surface area contributed by atoms with E-state index in [4.69, 9.17) is 9.15 Å². The molecular weight excluding hydrogens is 346 g/mol. The van der Waals surface area contributed by atoms with Crippen molar-refractivity contribution >= 4 is 12.0 Å². The van der Waals surface area contributed by atoms with Gasteiger partial charge in [0.2, 0.25) is 0 Å². The summed E-state index contributed by atoms with van der Waals surface area (Å²) in [5.74, 6) is 0.882. The SMILES string of the molecule is CCOC(=O)N1CCN(C(=O)C[NH2+][C@@H](c2ccccc2)c2ccco2)CC1. The number of hydrogen-bond donors (Lipinski definition) is 1. The highest BCUT2D eigenvalue weighted by atomic mass is 16.6. The van der Waals surface area contributed by atoms with Gasteiger partial charge in [-0.15, -0.1) is 0 Å². The van der Waals surface area contributed by atoms with Gasteiger partial charge < -0.3 is 24.3 Å². The Bertz CT molecular complexity index is 725. The minimum atomic E-state index is -0.307. The number of carbonyl (C=O) groups is 2. The first-order valence-corrected chi connectivity index (χ1v) is 9.30. The molecule has 7 heteroatoms. The minimum Gasteiger partial charge on any atom is -0.463 e. The van der Waals surface area contributed by atoms with E-state index in [0.29, 0.717) is 39.3 Å². The number of rotatable bonds is 6. The average Bonchev–Trinajstić information content (AvgIpc) is 3.23. The Morgan fingerprint density at radius 1 is 1.07 bits per heavy atom. The van der Waals surface area contributed by atoms with Crippen LogP contribution in [0.1, 0.15) is 24.3 Å². The fraction of sp³-hybridized carbons (Fsp3) is 0.400. The lowest BCUT2D eigenvalue weighted by molar-refractivity contribution is -0.679. The summed E-state index contributed by atoms with van der Waals surface area (Å²) >= 11 is 0. The van der Waals surface area contributed by atoms with Crippen molar-refractivity contribution in [1.82, 2.24) is 9.80 Å². The van der Waals surface area contributed by atoms with E-state index in [1.54, 1.807) is 23.0 Å². The number of piperazine rings is 1. The Labute approximate surface area is 158 Å². The van der Waals surface area contributed by atoms with Crippen molar-refractivity contribution < 1.29 is 24.1 Å². The Morgan fingerprint density at radius 3 is 2.41 bits per heavy atom. The number of carbonyl (C=O) groups excluding carboxylic acids is 2. The van der Waals surface area contributed by atoms with E-state index in [9.17, 15) is 9.59 Å². The molecule has 3 rings (SSSR count). The molecule has 0 radical (unpaired) electrons. The highest BCUT2D eigenvalue weighted by Gasteiger charge is 2.27. The highest BCUT2D eigenvalue weighted by Crippen LogP contribution is 2.18. The molecule has 1 aromatic carbocycles. The molecule has 1 atom stereocenters. The second-order valence-corrected chi connectivity index (χ2v) is 6.41. The lowest BCUT2D eigenvalue weighted by atomic mass is 10.0. The van der Waals surface area contributed by atoms with Crippen molar-refractivity contribution in [3.8, 4) is 0 Å². The summed E-state index contributed by atoms with van der Waals surface area (Å²) in [5, 5.41) is 1.99. The first kappa shape index (κ1) is 19.0. The van der Waals surface area contributed by atoms with Crippen LogP contribution in [0.3, 0.4) is 0 Å². The molecular formula is C20H26N3O4+. The fourth-order valence-corrected chi connectivity index (χ4v) is 3.25. The van der Waals surface area contributed by atoms with Gasteiger partial charge >= 0.3 is 6.09 Å². The summed E-state index contributed by atoms with van der Waals surface area (Å²) in [6, 6.07) is 13.7. The second kappa shape index (κ2) is 9.23. The number of benzene rings is 1. The zero-order valence-electron chi connectivity index (χ0n) is 15.5. The number of nitrogens with two attached hydrogens (primary N) is 1. The van der Waals surface area contributed by atoms with Gasteiger partial charge in [-0.2, -0.15) is 0 Å². The Kier molecular flexibility index (Phi) is 6.49. The first-order valence-electron chi connectivity index (χ1n) is 9.30. The molecule has 2 amide bonds. The number of hydrogen-bond acceptors (Lipinski definition) is 4. The molecule has 0 aliphatic carbocycles. The molecule has 144 valence electrons. The molecule has 1 saturated heterocycles. The topological polar surface area (TPSA) is 79.6 Å². The van der Waals surface area contributed by atoms with Crippen molar-refractivity contribution in [2.75, 3.05) is 39.3 Å². The van der Waals surface area contributed by atoms with Crippen molar-refractivity contribution in [2.45, 2.75) is 13.0 Å². The molecule has 2 aromatic rings. The summed E-state index contributed by atoms with van der Waals surface area (Å²) in [4.78, 5) is 27.8. The average molecular weight is 372 g/mol. The first-order chi connectivity index (χ1) is 13.2. The van der Waals surface area contributed by atoms with Gasteiger partial charge in [-0.05, 0) is 19.1 Å². The van der Waals surface area contributed by atoms with Crippen molar-refractivity contribution in [2.24, 2.45) is 0 Å². The van der Waals surface area contributed by atoms with E-state index in [-0.39, 0.29) is 18.0 Å². The quantitative estimate of drug-likeness (QED) is 0.827. The molecule has 0 saturated carbocycles. The normalized spacial score (nSPS) is 15.4. The maximum Gasteiger partial charge on any atom is 0.409 e. The largest absolute Gasteiger partial charge is 0.463 e. The van der Waals surface area contributed by atoms with E-state index >= 15 is 0 Å². The van der Waals surface area contributed by atoms with Gasteiger partial charge in [0.1, 0.15) is 0 Å². The Hall–Kier alpha value is -2.80. The van der Waals surface area contributed by atoms with Gasteiger partial charge in [0.25, 0.3) is 5.91 Å². The van der Waals surface area contributed by atoms with Gasteiger partial charge in [0.05, 0.1) is 12.9 Å². The molecule has 7 nitrogen and oxygen atoms in total. The number of amides is 2. The molecule has 2 N–H and O–H groups in total.